The van der Waals surface area contributed by atoms with Gasteiger partial charge in [0, 0.05) is 5.39 Å². The molecule has 1 aromatic carbocycles. The zero-order valence-corrected chi connectivity index (χ0v) is 13.1. The summed E-state index contributed by atoms with van der Waals surface area (Å²) >= 11 is 0. The Balaban J connectivity index is 2.00. The van der Waals surface area contributed by atoms with Crippen LogP contribution in [0.15, 0.2) is 24.3 Å². The monoisotopic (exact) mass is 375 g/mol. The normalized spacial score (nSPS) is 29.7. The molecule has 11 heteroatoms. The SMILES string of the molecule is OC[C@H]1OC(O)C(Nc2nc(C(F)(F)F)nc3ccccc23)[C@@H](O)C1O. The van der Waals surface area contributed by atoms with E-state index in [-0.39, 0.29) is 16.7 Å². The molecule has 1 aliphatic rings. The van der Waals surface area contributed by atoms with Crippen molar-refractivity contribution in [1.82, 2.24) is 9.97 Å². The van der Waals surface area contributed by atoms with E-state index >= 15 is 0 Å². The number of para-hydroxylation sites is 1. The van der Waals surface area contributed by atoms with E-state index in [1.807, 2.05) is 0 Å². The number of hydrogen-bond donors (Lipinski definition) is 5. The van der Waals surface area contributed by atoms with Gasteiger partial charge in [0.25, 0.3) is 0 Å². The first-order valence-corrected chi connectivity index (χ1v) is 7.63. The molecule has 5 atom stereocenters. The maximum absolute atomic E-state index is 13.0. The van der Waals surface area contributed by atoms with Crippen molar-refractivity contribution in [3.05, 3.63) is 30.1 Å². The number of aliphatic hydroxyl groups excluding tert-OH is 4. The number of ether oxygens (including phenoxy) is 1. The first-order chi connectivity index (χ1) is 12.2. The van der Waals surface area contributed by atoms with E-state index in [0.717, 1.165) is 0 Å². The number of aromatic nitrogens is 2. The number of anilines is 1. The van der Waals surface area contributed by atoms with Crippen LogP contribution in [0, 0.1) is 0 Å². The minimum absolute atomic E-state index is 0.00631. The van der Waals surface area contributed by atoms with Crippen LogP contribution in [0.3, 0.4) is 0 Å². The molecule has 26 heavy (non-hydrogen) atoms. The van der Waals surface area contributed by atoms with E-state index in [4.69, 9.17) is 9.84 Å². The predicted molar refractivity (Wildman–Crippen MR) is 81.9 cm³/mol. The summed E-state index contributed by atoms with van der Waals surface area (Å²) in [6.45, 7) is -0.656. The second kappa shape index (κ2) is 6.93. The van der Waals surface area contributed by atoms with Crippen molar-refractivity contribution >= 4 is 16.7 Å². The third-order valence-electron chi connectivity index (χ3n) is 4.06. The molecule has 0 aliphatic carbocycles. The second-order valence-electron chi connectivity index (χ2n) is 5.81. The van der Waals surface area contributed by atoms with Gasteiger partial charge in [0.2, 0.25) is 5.82 Å². The van der Waals surface area contributed by atoms with Crippen molar-refractivity contribution in [1.29, 1.82) is 0 Å². The first kappa shape index (κ1) is 18.7. The van der Waals surface area contributed by atoms with E-state index in [1.165, 1.54) is 18.2 Å². The summed E-state index contributed by atoms with van der Waals surface area (Å²) in [5.74, 6) is -1.68. The molecule has 5 N–H and O–H groups in total. The van der Waals surface area contributed by atoms with Crippen LogP contribution in [0.2, 0.25) is 0 Å². The maximum atomic E-state index is 13.0. The lowest BCUT2D eigenvalue weighted by molar-refractivity contribution is -0.245. The Kier molecular flexibility index (Phi) is 4.99. The van der Waals surface area contributed by atoms with Crippen molar-refractivity contribution in [3.63, 3.8) is 0 Å². The Hall–Kier alpha value is -2.05. The van der Waals surface area contributed by atoms with Crippen LogP contribution in [0.5, 0.6) is 0 Å². The van der Waals surface area contributed by atoms with E-state index in [9.17, 15) is 28.5 Å². The van der Waals surface area contributed by atoms with E-state index in [2.05, 4.69) is 15.3 Å². The molecule has 2 heterocycles. The Labute approximate surface area is 144 Å². The summed E-state index contributed by atoms with van der Waals surface area (Å²) in [5, 5.41) is 41.8. The summed E-state index contributed by atoms with van der Waals surface area (Å²) in [5.41, 5.74) is 0.00631. The third kappa shape index (κ3) is 3.44. The molecule has 0 radical (unpaired) electrons. The molecule has 0 bridgehead atoms. The lowest BCUT2D eigenvalue weighted by Crippen LogP contribution is -2.61. The van der Waals surface area contributed by atoms with Gasteiger partial charge in [0.05, 0.1) is 12.1 Å². The number of nitrogens with zero attached hydrogens (tertiary/aromatic N) is 2. The quantitative estimate of drug-likeness (QED) is 0.502. The van der Waals surface area contributed by atoms with Gasteiger partial charge in [-0.2, -0.15) is 13.2 Å². The maximum Gasteiger partial charge on any atom is 0.451 e. The fourth-order valence-electron chi connectivity index (χ4n) is 2.72. The van der Waals surface area contributed by atoms with E-state index in [0.29, 0.717) is 0 Å². The number of hydrogen-bond acceptors (Lipinski definition) is 8. The third-order valence-corrected chi connectivity index (χ3v) is 4.06. The van der Waals surface area contributed by atoms with Gasteiger partial charge in [0.1, 0.15) is 30.2 Å². The number of nitrogens with one attached hydrogen (secondary N) is 1. The molecule has 3 rings (SSSR count). The number of benzene rings is 1. The minimum atomic E-state index is -4.80. The highest BCUT2D eigenvalue weighted by Crippen LogP contribution is 2.31. The number of aliphatic hydroxyl groups is 4. The van der Waals surface area contributed by atoms with Crippen LogP contribution >= 0.6 is 0 Å². The zero-order valence-electron chi connectivity index (χ0n) is 13.1. The molecule has 0 saturated carbocycles. The van der Waals surface area contributed by atoms with Gasteiger partial charge in [-0.25, -0.2) is 9.97 Å². The Morgan fingerprint density at radius 2 is 1.77 bits per heavy atom. The van der Waals surface area contributed by atoms with Crippen molar-refractivity contribution < 1.29 is 38.3 Å². The van der Waals surface area contributed by atoms with Crippen LogP contribution < -0.4 is 5.32 Å². The molecule has 0 amide bonds. The molecule has 1 fully saturated rings. The van der Waals surface area contributed by atoms with Crippen LogP contribution in [0.25, 0.3) is 10.9 Å². The number of halogens is 3. The largest absolute Gasteiger partial charge is 0.451 e. The van der Waals surface area contributed by atoms with Crippen molar-refractivity contribution in [2.24, 2.45) is 0 Å². The van der Waals surface area contributed by atoms with Crippen molar-refractivity contribution in [3.8, 4) is 0 Å². The standard InChI is InChI=1S/C15H16F3N3O5/c16-15(17,18)14-19-7-4-2-1-3-6(7)12(21-14)20-9-11(24)10(23)8(5-22)26-13(9)25/h1-4,8-11,13,22-25H,5H2,(H,19,20,21)/t8-,9?,10?,11-,13?/m1/s1. The molecule has 1 saturated heterocycles. The molecule has 1 aromatic heterocycles. The highest BCUT2D eigenvalue weighted by Gasteiger charge is 2.44. The lowest BCUT2D eigenvalue weighted by atomic mass is 9.97. The van der Waals surface area contributed by atoms with Crippen molar-refractivity contribution in [2.45, 2.75) is 36.8 Å². The van der Waals surface area contributed by atoms with E-state index < -0.39 is 49.3 Å². The summed E-state index contributed by atoms with van der Waals surface area (Å²) in [6.07, 6.45) is -10.9. The predicted octanol–water partition coefficient (Wildman–Crippen LogP) is -0.140. The second-order valence-corrected chi connectivity index (χ2v) is 5.81. The smallest absolute Gasteiger partial charge is 0.394 e. The van der Waals surface area contributed by atoms with Crippen LogP contribution in [-0.4, -0.2) is 67.6 Å². The van der Waals surface area contributed by atoms with E-state index in [1.54, 1.807) is 6.07 Å². The molecule has 0 spiro atoms. The Morgan fingerprint density at radius 3 is 2.42 bits per heavy atom. The molecule has 3 unspecified atom stereocenters. The highest BCUT2D eigenvalue weighted by atomic mass is 19.4. The van der Waals surface area contributed by atoms with Gasteiger partial charge in [0.15, 0.2) is 6.29 Å². The molecule has 8 nitrogen and oxygen atoms in total. The zero-order chi connectivity index (χ0) is 19.1. The molecule has 142 valence electrons. The van der Waals surface area contributed by atoms with Gasteiger partial charge >= 0.3 is 6.18 Å². The van der Waals surface area contributed by atoms with Crippen molar-refractivity contribution in [2.75, 3.05) is 11.9 Å². The number of rotatable bonds is 3. The summed E-state index contributed by atoms with van der Waals surface area (Å²) in [7, 11) is 0. The fourth-order valence-corrected chi connectivity index (χ4v) is 2.72. The highest BCUT2D eigenvalue weighted by molar-refractivity contribution is 5.89. The minimum Gasteiger partial charge on any atom is -0.394 e. The average Bonchev–Trinajstić information content (AvgIpc) is 2.60. The van der Waals surface area contributed by atoms with Gasteiger partial charge < -0.3 is 30.5 Å². The summed E-state index contributed by atoms with van der Waals surface area (Å²) in [4.78, 5) is 6.91. The summed E-state index contributed by atoms with van der Waals surface area (Å²) in [6, 6.07) is 4.51. The van der Waals surface area contributed by atoms with Gasteiger partial charge in [-0.15, -0.1) is 0 Å². The van der Waals surface area contributed by atoms with Crippen LogP contribution in [-0.2, 0) is 10.9 Å². The topological polar surface area (TPSA) is 128 Å². The molecule has 2 aromatic rings. The fraction of sp³-hybridized carbons (Fsp3) is 0.467. The Morgan fingerprint density at radius 1 is 1.08 bits per heavy atom. The van der Waals surface area contributed by atoms with Gasteiger partial charge in [-0.05, 0) is 12.1 Å². The van der Waals surface area contributed by atoms with Gasteiger partial charge in [-0.3, -0.25) is 0 Å². The molecular formula is C15H16F3N3O5. The summed E-state index contributed by atoms with van der Waals surface area (Å²) < 4.78 is 44.1. The first-order valence-electron chi connectivity index (χ1n) is 7.63. The Bertz CT molecular complexity index is 791. The van der Waals surface area contributed by atoms with Crippen LogP contribution in [0.4, 0.5) is 19.0 Å². The van der Waals surface area contributed by atoms with Gasteiger partial charge in [-0.1, -0.05) is 12.1 Å². The molecule has 1 aliphatic heterocycles. The molecular weight excluding hydrogens is 359 g/mol. The number of alkyl halides is 3. The number of fused-ring (bicyclic) bond motifs is 1. The lowest BCUT2D eigenvalue weighted by Gasteiger charge is -2.40. The van der Waals surface area contributed by atoms with Crippen LogP contribution in [0.1, 0.15) is 5.82 Å². The average molecular weight is 375 g/mol.